The average molecular weight is 223 g/mol. The molecule has 0 aromatic carbocycles. The largest absolute Gasteiger partial charge is 0.457 e. The van der Waals surface area contributed by atoms with Gasteiger partial charge in [0, 0.05) is 24.2 Å². The highest BCUT2D eigenvalue weighted by Crippen LogP contribution is 2.22. The molecule has 5 nitrogen and oxygen atoms in total. The minimum Gasteiger partial charge on any atom is -0.457 e. The van der Waals surface area contributed by atoms with Gasteiger partial charge in [0.25, 0.3) is 6.47 Å². The number of nitrogens with zero attached hydrogens (tertiary/aromatic N) is 2. The molecule has 1 unspecified atom stereocenters. The monoisotopic (exact) mass is 223 g/mol. The molecule has 78 valence electrons. The molecule has 15 heavy (non-hydrogen) atoms. The zero-order chi connectivity index (χ0) is 10.5. The number of aromatic amines is 1. The van der Waals surface area contributed by atoms with Gasteiger partial charge in [0.15, 0.2) is 6.10 Å². The van der Waals surface area contributed by atoms with E-state index in [0.717, 1.165) is 10.6 Å². The van der Waals surface area contributed by atoms with Crippen LogP contribution in [0.5, 0.6) is 0 Å². The first-order chi connectivity index (χ1) is 7.40. The van der Waals surface area contributed by atoms with Crippen LogP contribution in [-0.2, 0) is 16.0 Å². The number of aromatic nitrogens is 3. The van der Waals surface area contributed by atoms with E-state index in [2.05, 4.69) is 15.2 Å². The number of hydrogen-bond acceptors (Lipinski definition) is 5. The van der Waals surface area contributed by atoms with Gasteiger partial charge >= 0.3 is 0 Å². The Morgan fingerprint density at radius 2 is 2.60 bits per heavy atom. The van der Waals surface area contributed by atoms with Crippen LogP contribution >= 0.6 is 11.3 Å². The summed E-state index contributed by atoms with van der Waals surface area (Å²) in [5.41, 5.74) is 0.983. The van der Waals surface area contributed by atoms with Crippen LogP contribution in [0.2, 0.25) is 0 Å². The molecule has 0 spiro atoms. The van der Waals surface area contributed by atoms with Crippen LogP contribution in [0.1, 0.15) is 16.7 Å². The highest BCUT2D eigenvalue weighted by atomic mass is 32.1. The molecule has 0 bridgehead atoms. The van der Waals surface area contributed by atoms with Crippen molar-refractivity contribution >= 4 is 17.8 Å². The van der Waals surface area contributed by atoms with Gasteiger partial charge in [0.2, 0.25) is 0 Å². The normalized spacial score (nSPS) is 12.3. The van der Waals surface area contributed by atoms with Crippen LogP contribution < -0.4 is 0 Å². The first-order valence-electron chi connectivity index (χ1n) is 4.36. The second kappa shape index (κ2) is 4.70. The van der Waals surface area contributed by atoms with E-state index < -0.39 is 0 Å². The molecule has 2 aromatic heterocycles. The SMILES string of the molecule is O=COC(Cc1cn[nH]c1)c1nccs1. The van der Waals surface area contributed by atoms with Crippen molar-refractivity contribution in [3.63, 3.8) is 0 Å². The van der Waals surface area contributed by atoms with E-state index in [1.165, 1.54) is 11.3 Å². The Kier molecular flexibility index (Phi) is 3.08. The molecule has 0 aliphatic heterocycles. The Balaban J connectivity index is 2.10. The number of nitrogens with one attached hydrogen (secondary N) is 1. The standard InChI is InChI=1S/C9H9N3O2S/c13-6-14-8(9-10-1-2-15-9)3-7-4-11-12-5-7/h1-2,4-6,8H,3H2,(H,11,12). The van der Waals surface area contributed by atoms with Gasteiger partial charge in [0.1, 0.15) is 5.01 Å². The second-order valence-electron chi connectivity index (χ2n) is 2.90. The number of carbonyl (C=O) groups excluding carboxylic acids is 1. The molecule has 0 aliphatic carbocycles. The third-order valence-corrected chi connectivity index (χ3v) is 2.79. The predicted octanol–water partition coefficient (Wildman–Crippen LogP) is 1.32. The maximum atomic E-state index is 10.4. The predicted molar refractivity (Wildman–Crippen MR) is 54.3 cm³/mol. The second-order valence-corrected chi connectivity index (χ2v) is 3.83. The highest BCUT2D eigenvalue weighted by molar-refractivity contribution is 7.09. The highest BCUT2D eigenvalue weighted by Gasteiger charge is 2.16. The van der Waals surface area contributed by atoms with Crippen molar-refractivity contribution in [1.29, 1.82) is 0 Å². The summed E-state index contributed by atoms with van der Waals surface area (Å²) >= 11 is 1.47. The maximum Gasteiger partial charge on any atom is 0.293 e. The lowest BCUT2D eigenvalue weighted by Crippen LogP contribution is -2.06. The van der Waals surface area contributed by atoms with Crippen LogP contribution in [-0.4, -0.2) is 21.7 Å². The third-order valence-electron chi connectivity index (χ3n) is 1.92. The van der Waals surface area contributed by atoms with Gasteiger partial charge < -0.3 is 4.74 Å². The van der Waals surface area contributed by atoms with E-state index in [0.29, 0.717) is 12.9 Å². The number of carbonyl (C=O) groups is 1. The molecule has 1 atom stereocenters. The van der Waals surface area contributed by atoms with Gasteiger partial charge in [-0.05, 0) is 5.56 Å². The summed E-state index contributed by atoms with van der Waals surface area (Å²) < 4.78 is 4.99. The molecule has 0 saturated carbocycles. The fourth-order valence-electron chi connectivity index (χ4n) is 1.26. The van der Waals surface area contributed by atoms with E-state index in [4.69, 9.17) is 4.74 Å². The molecule has 2 rings (SSSR count). The van der Waals surface area contributed by atoms with Crippen molar-refractivity contribution < 1.29 is 9.53 Å². The molecule has 6 heteroatoms. The van der Waals surface area contributed by atoms with Gasteiger partial charge in [0.05, 0.1) is 6.20 Å². The van der Waals surface area contributed by atoms with Gasteiger partial charge in [-0.2, -0.15) is 5.10 Å². The Morgan fingerprint density at radius 1 is 1.67 bits per heavy atom. The van der Waals surface area contributed by atoms with E-state index in [1.807, 2.05) is 5.38 Å². The summed E-state index contributed by atoms with van der Waals surface area (Å²) in [6.07, 6.45) is 5.43. The number of rotatable bonds is 5. The maximum absolute atomic E-state index is 10.4. The summed E-state index contributed by atoms with van der Waals surface area (Å²) in [5.74, 6) is 0. The zero-order valence-electron chi connectivity index (χ0n) is 7.79. The lowest BCUT2D eigenvalue weighted by Gasteiger charge is -2.10. The van der Waals surface area contributed by atoms with Gasteiger partial charge in [-0.3, -0.25) is 9.89 Å². The van der Waals surface area contributed by atoms with Gasteiger partial charge in [-0.15, -0.1) is 11.3 Å². The molecular formula is C9H9N3O2S. The number of ether oxygens (including phenoxy) is 1. The summed E-state index contributed by atoms with van der Waals surface area (Å²) in [6.45, 7) is 0.451. The molecule has 0 aliphatic rings. The summed E-state index contributed by atoms with van der Waals surface area (Å²) in [4.78, 5) is 14.5. The number of H-pyrrole nitrogens is 1. The Labute approximate surface area is 90.1 Å². The van der Waals surface area contributed by atoms with E-state index in [-0.39, 0.29) is 6.10 Å². The van der Waals surface area contributed by atoms with Crippen LogP contribution in [0.3, 0.4) is 0 Å². The molecule has 0 saturated heterocycles. The topological polar surface area (TPSA) is 67.9 Å². The third kappa shape index (κ3) is 2.41. The minimum absolute atomic E-state index is 0.319. The molecule has 2 heterocycles. The Morgan fingerprint density at radius 3 is 3.20 bits per heavy atom. The van der Waals surface area contributed by atoms with Crippen LogP contribution in [0.25, 0.3) is 0 Å². The smallest absolute Gasteiger partial charge is 0.293 e. The first kappa shape index (κ1) is 9.85. The summed E-state index contributed by atoms with van der Waals surface area (Å²) in [5, 5.41) is 9.19. The van der Waals surface area contributed by atoms with Crippen LogP contribution in [0.15, 0.2) is 24.0 Å². The van der Waals surface area contributed by atoms with E-state index >= 15 is 0 Å². The summed E-state index contributed by atoms with van der Waals surface area (Å²) in [6, 6.07) is 0. The Hall–Kier alpha value is -1.69. The van der Waals surface area contributed by atoms with Gasteiger partial charge in [-0.25, -0.2) is 4.98 Å². The van der Waals surface area contributed by atoms with Crippen molar-refractivity contribution in [1.82, 2.24) is 15.2 Å². The number of hydrogen-bond donors (Lipinski definition) is 1. The summed E-state index contributed by atoms with van der Waals surface area (Å²) in [7, 11) is 0. The van der Waals surface area contributed by atoms with Crippen molar-refractivity contribution in [2.75, 3.05) is 0 Å². The fraction of sp³-hybridized carbons (Fsp3) is 0.222. The fourth-order valence-corrected chi connectivity index (χ4v) is 1.93. The van der Waals surface area contributed by atoms with E-state index in [9.17, 15) is 4.79 Å². The van der Waals surface area contributed by atoms with Crippen LogP contribution in [0, 0.1) is 0 Å². The molecular weight excluding hydrogens is 214 g/mol. The molecule has 0 radical (unpaired) electrons. The van der Waals surface area contributed by atoms with Crippen molar-refractivity contribution in [2.24, 2.45) is 0 Å². The average Bonchev–Trinajstić information content (AvgIpc) is 2.89. The van der Waals surface area contributed by atoms with Crippen molar-refractivity contribution in [3.8, 4) is 0 Å². The Bertz CT molecular complexity index is 399. The lowest BCUT2D eigenvalue weighted by atomic mass is 10.2. The molecule has 0 fully saturated rings. The lowest BCUT2D eigenvalue weighted by molar-refractivity contribution is -0.133. The first-order valence-corrected chi connectivity index (χ1v) is 5.24. The molecule has 0 amide bonds. The quantitative estimate of drug-likeness (QED) is 0.776. The van der Waals surface area contributed by atoms with Gasteiger partial charge in [-0.1, -0.05) is 0 Å². The van der Waals surface area contributed by atoms with E-state index in [1.54, 1.807) is 18.6 Å². The number of thiazole rings is 1. The molecule has 1 N–H and O–H groups in total. The minimum atomic E-state index is -0.319. The molecule has 2 aromatic rings. The van der Waals surface area contributed by atoms with Crippen LogP contribution in [0.4, 0.5) is 0 Å². The zero-order valence-corrected chi connectivity index (χ0v) is 8.61. The van der Waals surface area contributed by atoms with Crippen molar-refractivity contribution in [2.45, 2.75) is 12.5 Å². The van der Waals surface area contributed by atoms with Crippen molar-refractivity contribution in [3.05, 3.63) is 34.5 Å².